The highest BCUT2D eigenvalue weighted by Gasteiger charge is 2.30. The van der Waals surface area contributed by atoms with Crippen LogP contribution in [0.4, 0.5) is 0 Å². The Kier molecular flexibility index (Phi) is 4.56. The smallest absolute Gasteiger partial charge is 0.153 e. The van der Waals surface area contributed by atoms with Crippen LogP contribution >= 0.6 is 15.9 Å². The largest absolute Gasteiger partial charge is 0.308 e. The van der Waals surface area contributed by atoms with Crippen LogP contribution in [0.2, 0.25) is 0 Å². The molecule has 0 aliphatic heterocycles. The van der Waals surface area contributed by atoms with E-state index in [0.29, 0.717) is 6.04 Å². The van der Waals surface area contributed by atoms with Crippen molar-refractivity contribution >= 4 is 15.9 Å². The summed E-state index contributed by atoms with van der Waals surface area (Å²) in [5.41, 5.74) is 1.20. The molecule has 1 fully saturated rings. The fraction of sp³-hybridized carbons (Fsp3) is 0.833. The zero-order valence-corrected chi connectivity index (χ0v) is 12.2. The van der Waals surface area contributed by atoms with E-state index in [1.165, 1.54) is 31.4 Å². The molecule has 0 aromatic carbocycles. The Labute approximate surface area is 111 Å². The van der Waals surface area contributed by atoms with Crippen LogP contribution in [0.1, 0.15) is 50.8 Å². The van der Waals surface area contributed by atoms with Crippen LogP contribution in [0.3, 0.4) is 0 Å². The number of nitrogens with zero attached hydrogens (tertiary/aromatic N) is 3. The molecular weight excluding hydrogens is 280 g/mol. The molecule has 1 unspecified atom stereocenters. The van der Waals surface area contributed by atoms with Crippen LogP contribution in [0.25, 0.3) is 0 Å². The van der Waals surface area contributed by atoms with Gasteiger partial charge in [-0.15, -0.1) is 5.10 Å². The second-order valence-electron chi connectivity index (χ2n) is 4.87. The Bertz CT molecular complexity index is 338. The van der Waals surface area contributed by atoms with Gasteiger partial charge in [-0.2, -0.15) is 0 Å². The summed E-state index contributed by atoms with van der Waals surface area (Å²) in [5.74, 6) is 0.732. The molecule has 1 heterocycles. The second kappa shape index (κ2) is 5.96. The van der Waals surface area contributed by atoms with Gasteiger partial charge in [0.25, 0.3) is 0 Å². The molecule has 1 saturated carbocycles. The van der Waals surface area contributed by atoms with Crippen molar-refractivity contribution in [1.29, 1.82) is 0 Å². The van der Waals surface area contributed by atoms with E-state index in [4.69, 9.17) is 0 Å². The second-order valence-corrected chi connectivity index (χ2v) is 5.62. The molecule has 1 aromatic rings. The van der Waals surface area contributed by atoms with Gasteiger partial charge in [0.05, 0.1) is 11.7 Å². The van der Waals surface area contributed by atoms with E-state index in [1.54, 1.807) is 0 Å². The fourth-order valence-corrected chi connectivity index (χ4v) is 3.32. The van der Waals surface area contributed by atoms with Crippen molar-refractivity contribution < 1.29 is 0 Å². The molecule has 0 radical (unpaired) electrons. The van der Waals surface area contributed by atoms with Crippen LogP contribution in [-0.2, 0) is 7.05 Å². The number of aromatic nitrogens is 3. The van der Waals surface area contributed by atoms with Gasteiger partial charge in [-0.05, 0) is 47.7 Å². The quantitative estimate of drug-likeness (QED) is 0.909. The Balaban J connectivity index is 2.19. The summed E-state index contributed by atoms with van der Waals surface area (Å²) in [4.78, 5) is 0. The van der Waals surface area contributed by atoms with Crippen molar-refractivity contribution in [3.8, 4) is 0 Å². The minimum absolute atomic E-state index is 0.395. The monoisotopic (exact) mass is 300 g/mol. The molecule has 1 aliphatic carbocycles. The number of halogens is 1. The third-order valence-electron chi connectivity index (χ3n) is 3.61. The summed E-state index contributed by atoms with van der Waals surface area (Å²) >= 11 is 3.52. The van der Waals surface area contributed by atoms with E-state index in [0.717, 1.165) is 23.5 Å². The molecule has 0 amide bonds. The zero-order valence-electron chi connectivity index (χ0n) is 10.6. The minimum Gasteiger partial charge on any atom is -0.308 e. The van der Waals surface area contributed by atoms with Gasteiger partial charge in [0.1, 0.15) is 0 Å². The van der Waals surface area contributed by atoms with Crippen molar-refractivity contribution in [2.75, 3.05) is 6.54 Å². The summed E-state index contributed by atoms with van der Waals surface area (Å²) in [6.45, 7) is 3.26. The van der Waals surface area contributed by atoms with Gasteiger partial charge in [0.15, 0.2) is 4.60 Å². The molecule has 96 valence electrons. The molecule has 1 aliphatic rings. The van der Waals surface area contributed by atoms with Crippen LogP contribution in [-0.4, -0.2) is 21.5 Å². The van der Waals surface area contributed by atoms with Crippen molar-refractivity contribution in [3.05, 3.63) is 10.3 Å². The Morgan fingerprint density at radius 1 is 1.47 bits per heavy atom. The van der Waals surface area contributed by atoms with Gasteiger partial charge in [0, 0.05) is 7.05 Å². The standard InChI is InChI=1S/C12H21BrN4/c1-3-8-14-10(9-6-4-5-7-9)11-12(13)15-16-17(11)2/h9-10,14H,3-8H2,1-2H3. The van der Waals surface area contributed by atoms with Gasteiger partial charge >= 0.3 is 0 Å². The molecule has 2 rings (SSSR count). The molecule has 5 heteroatoms. The van der Waals surface area contributed by atoms with Crippen molar-refractivity contribution in [1.82, 2.24) is 20.3 Å². The van der Waals surface area contributed by atoms with E-state index in [-0.39, 0.29) is 0 Å². The molecule has 0 bridgehead atoms. The minimum atomic E-state index is 0.395. The van der Waals surface area contributed by atoms with Crippen LogP contribution < -0.4 is 5.32 Å². The van der Waals surface area contributed by atoms with Crippen LogP contribution in [0.5, 0.6) is 0 Å². The summed E-state index contributed by atoms with van der Waals surface area (Å²) in [6, 6.07) is 0.395. The van der Waals surface area contributed by atoms with Crippen molar-refractivity contribution in [3.63, 3.8) is 0 Å². The molecule has 1 aromatic heterocycles. The summed E-state index contributed by atoms with van der Waals surface area (Å²) in [6.07, 6.45) is 6.51. The molecule has 0 spiro atoms. The lowest BCUT2D eigenvalue weighted by Gasteiger charge is -2.24. The molecular formula is C12H21BrN4. The molecule has 0 saturated heterocycles. The third-order valence-corrected chi connectivity index (χ3v) is 4.17. The highest BCUT2D eigenvalue weighted by Crippen LogP contribution is 2.37. The number of aryl methyl sites for hydroxylation is 1. The number of hydrogen-bond donors (Lipinski definition) is 1. The summed E-state index contributed by atoms with van der Waals surface area (Å²) in [7, 11) is 1.97. The highest BCUT2D eigenvalue weighted by atomic mass is 79.9. The molecule has 4 nitrogen and oxygen atoms in total. The number of nitrogens with one attached hydrogen (secondary N) is 1. The van der Waals surface area contributed by atoms with Crippen molar-refractivity contribution in [2.45, 2.75) is 45.1 Å². The fourth-order valence-electron chi connectivity index (χ4n) is 2.75. The lowest BCUT2D eigenvalue weighted by atomic mass is 9.95. The maximum Gasteiger partial charge on any atom is 0.153 e. The Morgan fingerprint density at radius 2 is 2.18 bits per heavy atom. The molecule has 17 heavy (non-hydrogen) atoms. The van der Waals surface area contributed by atoms with E-state index in [2.05, 4.69) is 38.5 Å². The highest BCUT2D eigenvalue weighted by molar-refractivity contribution is 9.10. The van der Waals surface area contributed by atoms with E-state index in [1.807, 2.05) is 11.7 Å². The first-order chi connectivity index (χ1) is 8.24. The first kappa shape index (κ1) is 13.0. The Hall–Kier alpha value is -0.420. The predicted molar refractivity (Wildman–Crippen MR) is 71.7 cm³/mol. The zero-order chi connectivity index (χ0) is 12.3. The van der Waals surface area contributed by atoms with Gasteiger partial charge in [0.2, 0.25) is 0 Å². The molecule has 1 atom stereocenters. The topological polar surface area (TPSA) is 42.7 Å². The van der Waals surface area contributed by atoms with E-state index in [9.17, 15) is 0 Å². The van der Waals surface area contributed by atoms with Gasteiger partial charge in [-0.3, -0.25) is 0 Å². The molecule has 1 N–H and O–H groups in total. The Morgan fingerprint density at radius 3 is 2.71 bits per heavy atom. The van der Waals surface area contributed by atoms with Gasteiger partial charge in [-0.1, -0.05) is 25.0 Å². The van der Waals surface area contributed by atoms with Crippen LogP contribution in [0, 0.1) is 5.92 Å². The predicted octanol–water partition coefficient (Wildman–Crippen LogP) is 2.81. The average molecular weight is 301 g/mol. The number of rotatable bonds is 5. The third kappa shape index (κ3) is 2.88. The van der Waals surface area contributed by atoms with Crippen molar-refractivity contribution in [2.24, 2.45) is 13.0 Å². The lowest BCUT2D eigenvalue weighted by molar-refractivity contribution is 0.350. The maximum atomic E-state index is 4.11. The van der Waals surface area contributed by atoms with E-state index >= 15 is 0 Å². The van der Waals surface area contributed by atoms with Gasteiger partial charge < -0.3 is 5.32 Å². The first-order valence-corrected chi connectivity index (χ1v) is 7.31. The first-order valence-electron chi connectivity index (χ1n) is 6.52. The van der Waals surface area contributed by atoms with Gasteiger partial charge in [-0.25, -0.2) is 4.68 Å². The van der Waals surface area contributed by atoms with Crippen LogP contribution in [0.15, 0.2) is 4.60 Å². The normalized spacial score (nSPS) is 18.8. The summed E-state index contributed by atoms with van der Waals surface area (Å²) < 4.78 is 2.79. The lowest BCUT2D eigenvalue weighted by Crippen LogP contribution is -2.30. The maximum absolute atomic E-state index is 4.11. The SMILES string of the molecule is CCCNC(c1c(Br)nnn1C)C1CCCC1. The van der Waals surface area contributed by atoms with E-state index < -0.39 is 0 Å². The number of hydrogen-bond acceptors (Lipinski definition) is 3. The summed E-state index contributed by atoms with van der Waals surface area (Å²) in [5, 5.41) is 11.9. The average Bonchev–Trinajstić information content (AvgIpc) is 2.93.